The lowest BCUT2D eigenvalue weighted by Gasteiger charge is -2.50. The monoisotopic (exact) mass is 378 g/mol. The summed E-state index contributed by atoms with van der Waals surface area (Å²) in [6.45, 7) is 2.98. The Labute approximate surface area is 167 Å². The Balaban J connectivity index is 2.11. The van der Waals surface area contributed by atoms with Crippen LogP contribution in [0.3, 0.4) is 0 Å². The largest absolute Gasteiger partial charge is 0.387 e. The summed E-state index contributed by atoms with van der Waals surface area (Å²) >= 11 is 0. The normalized spacial score (nSPS) is 18.0. The molecule has 0 radical (unpaired) electrons. The number of rotatable bonds is 4. The van der Waals surface area contributed by atoms with E-state index in [9.17, 15) is 15.2 Å². The second kappa shape index (κ2) is 7.30. The number of hydrogen-bond acceptors (Lipinski definition) is 6. The molecule has 1 fully saturated rings. The van der Waals surface area contributed by atoms with Crippen molar-refractivity contribution in [2.45, 2.75) is 36.6 Å². The molecule has 144 valence electrons. The molecule has 0 aromatic carbocycles. The van der Waals surface area contributed by atoms with Gasteiger partial charge in [0.05, 0.1) is 58.3 Å². The van der Waals surface area contributed by atoms with Gasteiger partial charge in [0.2, 0.25) is 0 Å². The smallest absolute Gasteiger partial charge is 0.268 e. The third-order valence-electron chi connectivity index (χ3n) is 6.08. The van der Waals surface area contributed by atoms with Crippen LogP contribution in [0.25, 0.3) is 10.9 Å². The van der Waals surface area contributed by atoms with Gasteiger partial charge in [-0.25, -0.2) is 0 Å². The van der Waals surface area contributed by atoms with E-state index in [0.29, 0.717) is 30.0 Å². The molecule has 2 aromatic heterocycles. The number of aromatic nitrogens is 2. The molecule has 0 aliphatic carbocycles. The van der Waals surface area contributed by atoms with Crippen molar-refractivity contribution in [3.63, 3.8) is 0 Å². The van der Waals surface area contributed by atoms with E-state index in [0.717, 1.165) is 18.2 Å². The third-order valence-corrected chi connectivity index (χ3v) is 6.08. The minimum absolute atomic E-state index is 0.0223. The molecule has 3 rings (SSSR count). The maximum Gasteiger partial charge on any atom is 0.268 e. The Morgan fingerprint density at radius 1 is 1.43 bits per heavy atom. The maximum absolute atomic E-state index is 12.5. The number of nitrogens with one attached hydrogen (secondary N) is 1. The molecule has 0 spiro atoms. The molecule has 0 saturated carbocycles. The molecule has 1 aliphatic rings. The molecule has 0 amide bonds. The number of anilines is 1. The van der Waals surface area contributed by atoms with Crippen LogP contribution in [0.15, 0.2) is 17.1 Å². The number of hydrogen-bond donors (Lipinski definition) is 2. The van der Waals surface area contributed by atoms with E-state index in [1.54, 1.807) is 26.3 Å². The Kier molecular flexibility index (Phi) is 5.35. The van der Waals surface area contributed by atoms with Crippen LogP contribution < -0.4 is 10.5 Å². The first-order chi connectivity index (χ1) is 13.1. The predicted octanol–water partition coefficient (Wildman–Crippen LogP) is -1.19. The summed E-state index contributed by atoms with van der Waals surface area (Å²) in [6, 6.07) is 3.83. The second-order valence-corrected chi connectivity index (χ2v) is 8.56. The van der Waals surface area contributed by atoms with Gasteiger partial charge in [-0.15, -0.1) is 0 Å². The standard InChI is InChI=1S/C18H25B3N4O3/c1-10(26)13-7-11-14(9-23-13)24-16(27)12(8-22)15(11)25-5-3-17(28-2,4-6-25)18(19,20)21/h7,9-10,26H,3-6,19-21H2,1-2H3,(H,24,27). The van der Waals surface area contributed by atoms with Gasteiger partial charge in [0.25, 0.3) is 5.56 Å². The topological polar surface area (TPSA) is 102 Å². The first kappa shape index (κ1) is 20.5. The lowest BCUT2D eigenvalue weighted by Crippen LogP contribution is -2.54. The summed E-state index contributed by atoms with van der Waals surface area (Å²) in [5.74, 6) is 0. The van der Waals surface area contributed by atoms with Gasteiger partial charge in [-0.2, -0.15) is 5.26 Å². The number of piperidine rings is 1. The number of aliphatic hydroxyl groups excluding tert-OH is 1. The van der Waals surface area contributed by atoms with E-state index in [1.807, 2.05) is 0 Å². The molecular weight excluding hydrogens is 353 g/mol. The SMILES string of the molecule is BC(B)(B)C1(OC)CCN(c2c(C#N)c(=O)[nH]c3cnc(C(C)O)cc23)CC1. The zero-order valence-corrected chi connectivity index (χ0v) is 17.2. The molecule has 1 atom stereocenters. The molecule has 1 aliphatic heterocycles. The van der Waals surface area contributed by atoms with Crippen LogP contribution in [0, 0.1) is 11.3 Å². The number of methoxy groups -OCH3 is 1. The molecule has 28 heavy (non-hydrogen) atoms. The van der Waals surface area contributed by atoms with Crippen LogP contribution in [0.5, 0.6) is 0 Å². The summed E-state index contributed by atoms with van der Waals surface area (Å²) in [4.78, 5) is 21.5. The number of fused-ring (bicyclic) bond motifs is 1. The highest BCUT2D eigenvalue weighted by molar-refractivity contribution is 6.59. The average Bonchev–Trinajstić information content (AvgIpc) is 2.65. The summed E-state index contributed by atoms with van der Waals surface area (Å²) in [5.41, 5.74) is 1.10. The molecule has 1 saturated heterocycles. The molecule has 2 N–H and O–H groups in total. The second-order valence-electron chi connectivity index (χ2n) is 8.56. The average molecular weight is 378 g/mol. The summed E-state index contributed by atoms with van der Waals surface area (Å²) in [5, 5.41) is 20.3. The lowest BCUT2D eigenvalue weighted by molar-refractivity contribution is -0.0286. The number of aromatic amines is 1. The summed E-state index contributed by atoms with van der Waals surface area (Å²) in [6.07, 6.45) is 2.39. The molecule has 2 aromatic rings. The highest BCUT2D eigenvalue weighted by Gasteiger charge is 2.44. The van der Waals surface area contributed by atoms with Crippen LogP contribution in [0.1, 0.15) is 37.1 Å². The zero-order chi connectivity index (χ0) is 20.7. The molecule has 1 unspecified atom stereocenters. The van der Waals surface area contributed by atoms with E-state index in [4.69, 9.17) is 4.74 Å². The van der Waals surface area contributed by atoms with Crippen LogP contribution in [-0.4, -0.2) is 64.4 Å². The quantitative estimate of drug-likeness (QED) is 0.649. The minimum Gasteiger partial charge on any atom is -0.387 e. The van der Waals surface area contributed by atoms with Crippen molar-refractivity contribution in [3.05, 3.63) is 33.9 Å². The molecular formula is C18H25B3N4O3. The van der Waals surface area contributed by atoms with Gasteiger partial charge in [-0.3, -0.25) is 9.78 Å². The maximum atomic E-state index is 12.5. The van der Waals surface area contributed by atoms with Crippen LogP contribution in [0.2, 0.25) is 5.11 Å². The zero-order valence-electron chi connectivity index (χ0n) is 17.2. The van der Waals surface area contributed by atoms with Crippen molar-refractivity contribution < 1.29 is 9.84 Å². The predicted molar refractivity (Wildman–Crippen MR) is 117 cm³/mol. The first-order valence-electron chi connectivity index (χ1n) is 9.58. The number of pyridine rings is 2. The molecule has 10 heteroatoms. The minimum atomic E-state index is -0.738. The van der Waals surface area contributed by atoms with Crippen molar-refractivity contribution in [1.82, 2.24) is 9.97 Å². The van der Waals surface area contributed by atoms with E-state index >= 15 is 0 Å². The van der Waals surface area contributed by atoms with Crippen LogP contribution in [0.4, 0.5) is 5.69 Å². The summed E-state index contributed by atoms with van der Waals surface area (Å²) in [7, 11) is 8.28. The number of ether oxygens (including phenoxy) is 1. The Morgan fingerprint density at radius 3 is 2.57 bits per heavy atom. The van der Waals surface area contributed by atoms with Crippen molar-refractivity contribution in [1.29, 1.82) is 5.26 Å². The van der Waals surface area contributed by atoms with E-state index in [2.05, 4.69) is 44.5 Å². The number of nitrogens with zero attached hydrogens (tertiary/aromatic N) is 3. The van der Waals surface area contributed by atoms with Gasteiger partial charge in [0, 0.05) is 25.6 Å². The number of aliphatic hydroxyl groups is 1. The van der Waals surface area contributed by atoms with Crippen molar-refractivity contribution in [2.75, 3.05) is 25.1 Å². The van der Waals surface area contributed by atoms with Gasteiger partial charge >= 0.3 is 0 Å². The van der Waals surface area contributed by atoms with E-state index in [-0.39, 0.29) is 16.3 Å². The molecule has 3 heterocycles. The van der Waals surface area contributed by atoms with Crippen molar-refractivity contribution >= 4 is 40.1 Å². The fourth-order valence-corrected chi connectivity index (χ4v) is 4.21. The van der Waals surface area contributed by atoms with Crippen molar-refractivity contribution in [3.8, 4) is 6.07 Å². The lowest BCUT2D eigenvalue weighted by atomic mass is 9.35. The third kappa shape index (κ3) is 3.34. The van der Waals surface area contributed by atoms with E-state index < -0.39 is 11.7 Å². The van der Waals surface area contributed by atoms with Crippen LogP contribution >= 0.6 is 0 Å². The number of H-pyrrole nitrogens is 1. The molecule has 7 nitrogen and oxygen atoms in total. The fourth-order valence-electron chi connectivity index (χ4n) is 4.21. The van der Waals surface area contributed by atoms with Crippen LogP contribution in [-0.2, 0) is 4.74 Å². The first-order valence-corrected chi connectivity index (χ1v) is 9.58. The van der Waals surface area contributed by atoms with Gasteiger partial charge in [-0.05, 0) is 25.8 Å². The van der Waals surface area contributed by atoms with Crippen molar-refractivity contribution in [2.24, 2.45) is 0 Å². The fraction of sp³-hybridized carbons (Fsp3) is 0.500. The number of nitriles is 1. The van der Waals surface area contributed by atoms with E-state index in [1.165, 1.54) is 0 Å². The van der Waals surface area contributed by atoms with Gasteiger partial charge in [0.15, 0.2) is 0 Å². The highest BCUT2D eigenvalue weighted by atomic mass is 16.5. The molecule has 0 bridgehead atoms. The Morgan fingerprint density at radius 2 is 2.07 bits per heavy atom. The Hall–Kier alpha value is -2.24. The highest BCUT2D eigenvalue weighted by Crippen LogP contribution is 2.42. The Bertz CT molecular complexity index is 986. The van der Waals surface area contributed by atoms with Gasteiger partial charge in [0.1, 0.15) is 11.6 Å². The van der Waals surface area contributed by atoms with Gasteiger partial charge in [-0.1, -0.05) is 5.11 Å². The van der Waals surface area contributed by atoms with Gasteiger partial charge < -0.3 is 19.7 Å². The summed E-state index contributed by atoms with van der Waals surface area (Å²) < 4.78 is 5.94.